The molecule has 18 heavy (non-hydrogen) atoms. The molecule has 0 aromatic heterocycles. The summed E-state index contributed by atoms with van der Waals surface area (Å²) in [6.07, 6.45) is 5.38. The van der Waals surface area contributed by atoms with E-state index in [1.807, 2.05) is 30.9 Å². The summed E-state index contributed by atoms with van der Waals surface area (Å²) >= 11 is 0. The SMILES string of the molecule is C=C/C(=C\C=C(C)C)OCC(=O)N1CCNCC1. The van der Waals surface area contributed by atoms with E-state index in [1.165, 1.54) is 5.57 Å². The number of carbonyl (C=O) groups excluding carboxylic acids is 1. The highest BCUT2D eigenvalue weighted by molar-refractivity contribution is 5.77. The van der Waals surface area contributed by atoms with Crippen LogP contribution in [0.25, 0.3) is 0 Å². The van der Waals surface area contributed by atoms with Crippen molar-refractivity contribution >= 4 is 5.91 Å². The predicted molar refractivity (Wildman–Crippen MR) is 73.1 cm³/mol. The van der Waals surface area contributed by atoms with Crippen molar-refractivity contribution in [3.8, 4) is 0 Å². The number of hydrogen-bond donors (Lipinski definition) is 1. The molecule has 0 aliphatic carbocycles. The minimum Gasteiger partial charge on any atom is -0.484 e. The molecule has 4 heteroatoms. The lowest BCUT2D eigenvalue weighted by Crippen LogP contribution is -2.47. The highest BCUT2D eigenvalue weighted by atomic mass is 16.5. The first kappa shape index (κ1) is 14.5. The van der Waals surface area contributed by atoms with E-state index >= 15 is 0 Å². The second-order valence-corrected chi connectivity index (χ2v) is 4.44. The lowest BCUT2D eigenvalue weighted by Gasteiger charge is -2.27. The zero-order chi connectivity index (χ0) is 13.4. The van der Waals surface area contributed by atoms with Gasteiger partial charge >= 0.3 is 0 Å². The third-order valence-corrected chi connectivity index (χ3v) is 2.61. The Morgan fingerprint density at radius 2 is 2.00 bits per heavy atom. The topological polar surface area (TPSA) is 41.6 Å². The van der Waals surface area contributed by atoms with Gasteiger partial charge in [-0.15, -0.1) is 0 Å². The van der Waals surface area contributed by atoms with E-state index in [0.29, 0.717) is 5.76 Å². The van der Waals surface area contributed by atoms with Crippen molar-refractivity contribution in [1.82, 2.24) is 10.2 Å². The van der Waals surface area contributed by atoms with Gasteiger partial charge in [0.15, 0.2) is 6.61 Å². The van der Waals surface area contributed by atoms with Crippen molar-refractivity contribution < 1.29 is 9.53 Å². The maximum absolute atomic E-state index is 11.9. The molecule has 0 atom stereocenters. The van der Waals surface area contributed by atoms with E-state index in [1.54, 1.807) is 6.08 Å². The van der Waals surface area contributed by atoms with Gasteiger partial charge < -0.3 is 15.0 Å². The van der Waals surface area contributed by atoms with Crippen LogP contribution in [0.4, 0.5) is 0 Å². The number of rotatable bonds is 5. The molecule has 1 amide bonds. The van der Waals surface area contributed by atoms with E-state index in [2.05, 4.69) is 11.9 Å². The largest absolute Gasteiger partial charge is 0.484 e. The summed E-state index contributed by atoms with van der Waals surface area (Å²) in [5.41, 5.74) is 1.17. The second-order valence-electron chi connectivity index (χ2n) is 4.44. The highest BCUT2D eigenvalue weighted by Gasteiger charge is 2.16. The molecule has 0 saturated carbocycles. The van der Waals surface area contributed by atoms with Crippen LogP contribution >= 0.6 is 0 Å². The van der Waals surface area contributed by atoms with Crippen molar-refractivity contribution in [3.63, 3.8) is 0 Å². The van der Waals surface area contributed by atoms with Gasteiger partial charge in [-0.2, -0.15) is 0 Å². The van der Waals surface area contributed by atoms with Crippen LogP contribution in [-0.4, -0.2) is 43.6 Å². The Balaban J connectivity index is 2.42. The average molecular weight is 250 g/mol. The molecular weight excluding hydrogens is 228 g/mol. The highest BCUT2D eigenvalue weighted by Crippen LogP contribution is 2.03. The molecule has 1 heterocycles. The molecule has 0 aromatic rings. The first-order valence-corrected chi connectivity index (χ1v) is 6.22. The maximum Gasteiger partial charge on any atom is 0.260 e. The number of nitrogens with zero attached hydrogens (tertiary/aromatic N) is 1. The number of piperazine rings is 1. The molecular formula is C14H22N2O2. The summed E-state index contributed by atoms with van der Waals surface area (Å²) in [5, 5.41) is 3.21. The number of hydrogen-bond acceptors (Lipinski definition) is 3. The third kappa shape index (κ3) is 5.19. The van der Waals surface area contributed by atoms with Gasteiger partial charge in [-0.25, -0.2) is 0 Å². The van der Waals surface area contributed by atoms with Crippen LogP contribution in [0.1, 0.15) is 13.8 Å². The monoisotopic (exact) mass is 250 g/mol. The first-order valence-electron chi connectivity index (χ1n) is 6.22. The summed E-state index contributed by atoms with van der Waals surface area (Å²) in [7, 11) is 0. The van der Waals surface area contributed by atoms with Crippen LogP contribution in [0.2, 0.25) is 0 Å². The zero-order valence-corrected chi connectivity index (χ0v) is 11.2. The fourth-order valence-electron chi connectivity index (χ4n) is 1.57. The van der Waals surface area contributed by atoms with Crippen LogP contribution < -0.4 is 5.32 Å². The Hall–Kier alpha value is -1.55. The van der Waals surface area contributed by atoms with E-state index in [9.17, 15) is 4.79 Å². The van der Waals surface area contributed by atoms with E-state index in [-0.39, 0.29) is 12.5 Å². The van der Waals surface area contributed by atoms with Crippen LogP contribution in [-0.2, 0) is 9.53 Å². The number of carbonyl (C=O) groups is 1. The molecule has 0 aromatic carbocycles. The van der Waals surface area contributed by atoms with Crippen molar-refractivity contribution in [1.29, 1.82) is 0 Å². The minimum absolute atomic E-state index is 0.0291. The number of allylic oxidation sites excluding steroid dienone is 4. The third-order valence-electron chi connectivity index (χ3n) is 2.61. The molecule has 0 unspecified atom stereocenters. The predicted octanol–water partition coefficient (Wildman–Crippen LogP) is 1.47. The van der Waals surface area contributed by atoms with E-state index in [4.69, 9.17) is 4.74 Å². The van der Waals surface area contributed by atoms with Gasteiger partial charge in [-0.1, -0.05) is 18.2 Å². The molecule has 100 valence electrons. The van der Waals surface area contributed by atoms with Crippen molar-refractivity contribution in [3.05, 3.63) is 36.1 Å². The Kier molecular flexibility index (Phi) is 6.22. The van der Waals surface area contributed by atoms with Gasteiger partial charge in [0.2, 0.25) is 0 Å². The molecule has 0 spiro atoms. The number of ether oxygens (including phenoxy) is 1. The van der Waals surface area contributed by atoms with E-state index < -0.39 is 0 Å². The number of nitrogens with one attached hydrogen (secondary N) is 1. The maximum atomic E-state index is 11.9. The molecule has 1 aliphatic heterocycles. The fourth-order valence-corrected chi connectivity index (χ4v) is 1.57. The Morgan fingerprint density at radius 1 is 1.33 bits per heavy atom. The van der Waals surface area contributed by atoms with Gasteiger partial charge in [0, 0.05) is 26.2 Å². The number of amides is 1. The molecule has 1 rings (SSSR count). The summed E-state index contributed by atoms with van der Waals surface area (Å²) in [6, 6.07) is 0. The Morgan fingerprint density at radius 3 is 2.56 bits per heavy atom. The average Bonchev–Trinajstić information content (AvgIpc) is 2.39. The molecule has 1 fully saturated rings. The minimum atomic E-state index is 0.0291. The summed E-state index contributed by atoms with van der Waals surface area (Å²) in [5.74, 6) is 0.654. The van der Waals surface area contributed by atoms with Crippen LogP contribution in [0.5, 0.6) is 0 Å². The lowest BCUT2D eigenvalue weighted by molar-refractivity contribution is -0.135. The van der Waals surface area contributed by atoms with Gasteiger partial charge in [0.05, 0.1) is 0 Å². The van der Waals surface area contributed by atoms with Crippen molar-refractivity contribution in [2.24, 2.45) is 0 Å². The standard InChI is InChI=1S/C14H22N2O2/c1-4-13(6-5-12(2)3)18-11-14(17)16-9-7-15-8-10-16/h4-6,15H,1,7-11H2,2-3H3/b13-6+. The van der Waals surface area contributed by atoms with Crippen molar-refractivity contribution in [2.75, 3.05) is 32.8 Å². The Labute approximate surface area is 109 Å². The summed E-state index contributed by atoms with van der Waals surface area (Å²) in [4.78, 5) is 13.7. The molecule has 0 bridgehead atoms. The van der Waals surface area contributed by atoms with Gasteiger partial charge in [0.25, 0.3) is 5.91 Å². The fraction of sp³-hybridized carbons (Fsp3) is 0.500. The first-order chi connectivity index (χ1) is 8.63. The molecule has 1 saturated heterocycles. The van der Waals surface area contributed by atoms with Crippen molar-refractivity contribution in [2.45, 2.75) is 13.8 Å². The lowest BCUT2D eigenvalue weighted by atomic mass is 10.3. The Bertz CT molecular complexity index is 349. The van der Waals surface area contributed by atoms with Gasteiger partial charge in [-0.05, 0) is 26.0 Å². The van der Waals surface area contributed by atoms with Gasteiger partial charge in [0.1, 0.15) is 5.76 Å². The van der Waals surface area contributed by atoms with E-state index in [0.717, 1.165) is 26.2 Å². The van der Waals surface area contributed by atoms with Crippen LogP contribution in [0.15, 0.2) is 36.1 Å². The van der Waals surface area contributed by atoms with Gasteiger partial charge in [-0.3, -0.25) is 4.79 Å². The summed E-state index contributed by atoms with van der Waals surface area (Å²) < 4.78 is 5.44. The second kappa shape index (κ2) is 7.71. The normalized spacial score (nSPS) is 16.1. The quantitative estimate of drug-likeness (QED) is 0.593. The van der Waals surface area contributed by atoms with Crippen LogP contribution in [0.3, 0.4) is 0 Å². The molecule has 0 radical (unpaired) electrons. The zero-order valence-electron chi connectivity index (χ0n) is 11.2. The smallest absolute Gasteiger partial charge is 0.260 e. The van der Waals surface area contributed by atoms with Crippen LogP contribution in [0, 0.1) is 0 Å². The summed E-state index contributed by atoms with van der Waals surface area (Å²) in [6.45, 7) is 11.0. The molecule has 1 N–H and O–H groups in total. The molecule has 1 aliphatic rings. The molecule has 4 nitrogen and oxygen atoms in total.